The molecule has 1 fully saturated rings. The van der Waals surface area contributed by atoms with E-state index in [4.69, 9.17) is 5.11 Å². The molecule has 1 saturated heterocycles. The topological polar surface area (TPSA) is 69.6 Å². The molecular formula is C13H18N2O3S. The van der Waals surface area contributed by atoms with E-state index < -0.39 is 5.97 Å². The number of carbonyl (C=O) groups excluding carboxylic acids is 1. The van der Waals surface area contributed by atoms with Crippen LogP contribution in [0.1, 0.15) is 24.8 Å². The fraction of sp³-hybridized carbons (Fsp3) is 0.538. The first kappa shape index (κ1) is 13.9. The van der Waals surface area contributed by atoms with Crippen LogP contribution in [-0.4, -0.2) is 35.1 Å². The largest absolute Gasteiger partial charge is 0.481 e. The summed E-state index contributed by atoms with van der Waals surface area (Å²) < 4.78 is 0. The number of amides is 2. The van der Waals surface area contributed by atoms with Crippen LogP contribution in [0.2, 0.25) is 0 Å². The van der Waals surface area contributed by atoms with Gasteiger partial charge < -0.3 is 15.3 Å². The van der Waals surface area contributed by atoms with E-state index in [9.17, 15) is 9.59 Å². The maximum atomic E-state index is 11.9. The number of carboxylic acids is 1. The van der Waals surface area contributed by atoms with Gasteiger partial charge in [-0.25, -0.2) is 4.79 Å². The van der Waals surface area contributed by atoms with Crippen LogP contribution in [0.25, 0.3) is 0 Å². The Morgan fingerprint density at radius 3 is 3.05 bits per heavy atom. The number of urea groups is 1. The van der Waals surface area contributed by atoms with Gasteiger partial charge in [-0.05, 0) is 41.1 Å². The summed E-state index contributed by atoms with van der Waals surface area (Å²) >= 11 is 1.61. The molecular weight excluding hydrogens is 264 g/mol. The van der Waals surface area contributed by atoms with Crippen molar-refractivity contribution >= 4 is 23.3 Å². The molecule has 0 aromatic carbocycles. The van der Waals surface area contributed by atoms with Crippen LogP contribution in [0, 0.1) is 5.92 Å². The van der Waals surface area contributed by atoms with E-state index in [2.05, 4.69) is 5.32 Å². The molecule has 2 rings (SSSR count). The molecule has 0 radical (unpaired) electrons. The summed E-state index contributed by atoms with van der Waals surface area (Å²) in [6, 6.07) is 1.94. The quantitative estimate of drug-likeness (QED) is 0.869. The Bertz CT molecular complexity index is 433. The molecule has 2 amide bonds. The minimum atomic E-state index is -0.764. The van der Waals surface area contributed by atoms with E-state index in [0.717, 1.165) is 18.5 Å². The fourth-order valence-electron chi connectivity index (χ4n) is 2.26. The molecule has 0 spiro atoms. The summed E-state index contributed by atoms with van der Waals surface area (Å²) in [7, 11) is 0. The second kappa shape index (κ2) is 6.56. The van der Waals surface area contributed by atoms with Gasteiger partial charge in [0.05, 0.1) is 0 Å². The first-order valence-electron chi connectivity index (χ1n) is 6.41. The third kappa shape index (κ3) is 4.24. The predicted octanol–water partition coefficient (Wildman–Crippen LogP) is 2.14. The van der Waals surface area contributed by atoms with Gasteiger partial charge in [-0.3, -0.25) is 4.79 Å². The van der Waals surface area contributed by atoms with Crippen molar-refractivity contribution in [1.82, 2.24) is 10.2 Å². The average molecular weight is 282 g/mol. The van der Waals surface area contributed by atoms with Gasteiger partial charge >= 0.3 is 12.0 Å². The molecule has 2 N–H and O–H groups in total. The van der Waals surface area contributed by atoms with Crippen LogP contribution in [0.5, 0.6) is 0 Å². The van der Waals surface area contributed by atoms with E-state index in [1.807, 2.05) is 16.8 Å². The van der Waals surface area contributed by atoms with Crippen LogP contribution in [0.4, 0.5) is 4.79 Å². The molecule has 1 unspecified atom stereocenters. The number of likely N-dealkylation sites (tertiary alicyclic amines) is 1. The summed E-state index contributed by atoms with van der Waals surface area (Å²) in [5, 5.41) is 15.5. The minimum Gasteiger partial charge on any atom is -0.481 e. The average Bonchev–Trinajstić information content (AvgIpc) is 3.04. The van der Waals surface area contributed by atoms with Crippen molar-refractivity contribution in [1.29, 1.82) is 0 Å². The van der Waals surface area contributed by atoms with Crippen molar-refractivity contribution < 1.29 is 14.7 Å². The van der Waals surface area contributed by atoms with Crippen LogP contribution in [0.3, 0.4) is 0 Å². The molecule has 1 aromatic heterocycles. The van der Waals surface area contributed by atoms with Gasteiger partial charge in [-0.2, -0.15) is 11.3 Å². The smallest absolute Gasteiger partial charge is 0.317 e. The Balaban J connectivity index is 1.71. The van der Waals surface area contributed by atoms with Gasteiger partial charge in [0.15, 0.2) is 0 Å². The van der Waals surface area contributed by atoms with Gasteiger partial charge in [0.25, 0.3) is 0 Å². The lowest BCUT2D eigenvalue weighted by Gasteiger charge is -2.17. The third-order valence-electron chi connectivity index (χ3n) is 3.36. The van der Waals surface area contributed by atoms with E-state index in [1.165, 1.54) is 0 Å². The number of carbonyl (C=O) groups is 2. The van der Waals surface area contributed by atoms with Gasteiger partial charge in [0.2, 0.25) is 0 Å². The van der Waals surface area contributed by atoms with Gasteiger partial charge in [-0.15, -0.1) is 0 Å². The zero-order valence-electron chi connectivity index (χ0n) is 10.7. The highest BCUT2D eigenvalue weighted by atomic mass is 32.1. The Hall–Kier alpha value is -1.56. The molecule has 104 valence electrons. The second-order valence-corrected chi connectivity index (χ2v) is 5.60. The zero-order chi connectivity index (χ0) is 13.7. The number of thiophene rings is 1. The van der Waals surface area contributed by atoms with E-state index in [-0.39, 0.29) is 12.5 Å². The lowest BCUT2D eigenvalue weighted by atomic mass is 10.0. The number of rotatable bonds is 5. The van der Waals surface area contributed by atoms with Gasteiger partial charge in [0, 0.05) is 26.1 Å². The van der Waals surface area contributed by atoms with Crippen molar-refractivity contribution in [2.45, 2.75) is 25.8 Å². The van der Waals surface area contributed by atoms with Crippen molar-refractivity contribution in [2.75, 3.05) is 13.1 Å². The highest BCUT2D eigenvalue weighted by Gasteiger charge is 2.26. The number of nitrogens with one attached hydrogen (secondary N) is 1. The number of carboxylic acid groups (broad SMARTS) is 1. The summed E-state index contributed by atoms with van der Waals surface area (Å²) in [4.78, 5) is 24.2. The fourth-order valence-corrected chi connectivity index (χ4v) is 2.93. The summed E-state index contributed by atoms with van der Waals surface area (Å²) in [5.74, 6) is -0.441. The first-order valence-corrected chi connectivity index (χ1v) is 7.35. The molecule has 1 aromatic rings. The molecule has 6 heteroatoms. The Kier molecular flexibility index (Phi) is 4.79. The normalized spacial score (nSPS) is 18.5. The number of hydrogen-bond acceptors (Lipinski definition) is 3. The first-order chi connectivity index (χ1) is 9.15. The van der Waals surface area contributed by atoms with Crippen molar-refractivity contribution in [3.8, 4) is 0 Å². The number of aliphatic carboxylic acids is 1. The molecule has 1 atom stereocenters. The number of nitrogens with zero attached hydrogens (tertiary/aromatic N) is 1. The molecule has 0 aliphatic carbocycles. The maximum Gasteiger partial charge on any atom is 0.317 e. The highest BCUT2D eigenvalue weighted by molar-refractivity contribution is 7.07. The maximum absolute atomic E-state index is 11.9. The molecule has 0 bridgehead atoms. The van der Waals surface area contributed by atoms with Crippen molar-refractivity contribution in [3.05, 3.63) is 22.4 Å². The standard InChI is InChI=1S/C13H18N2O3S/c16-12(17)2-1-10-3-5-15(8-10)13(18)14-7-11-4-6-19-9-11/h4,6,9-10H,1-3,5,7-8H2,(H,14,18)(H,16,17). The van der Waals surface area contributed by atoms with Crippen molar-refractivity contribution in [2.24, 2.45) is 5.92 Å². The Labute approximate surface area is 116 Å². The van der Waals surface area contributed by atoms with E-state index in [0.29, 0.717) is 25.4 Å². The van der Waals surface area contributed by atoms with Crippen LogP contribution >= 0.6 is 11.3 Å². The van der Waals surface area contributed by atoms with Crippen molar-refractivity contribution in [3.63, 3.8) is 0 Å². The highest BCUT2D eigenvalue weighted by Crippen LogP contribution is 2.21. The van der Waals surface area contributed by atoms with E-state index >= 15 is 0 Å². The Morgan fingerprint density at radius 2 is 2.37 bits per heavy atom. The van der Waals surface area contributed by atoms with Crippen LogP contribution in [0.15, 0.2) is 16.8 Å². The number of hydrogen-bond donors (Lipinski definition) is 2. The monoisotopic (exact) mass is 282 g/mol. The van der Waals surface area contributed by atoms with Crippen LogP contribution < -0.4 is 5.32 Å². The summed E-state index contributed by atoms with van der Waals surface area (Å²) in [5.41, 5.74) is 1.11. The lowest BCUT2D eigenvalue weighted by molar-refractivity contribution is -0.137. The van der Waals surface area contributed by atoms with Gasteiger partial charge in [0.1, 0.15) is 0 Å². The predicted molar refractivity (Wildman–Crippen MR) is 73.1 cm³/mol. The molecule has 19 heavy (non-hydrogen) atoms. The van der Waals surface area contributed by atoms with Crippen LogP contribution in [-0.2, 0) is 11.3 Å². The third-order valence-corrected chi connectivity index (χ3v) is 4.10. The summed E-state index contributed by atoms with van der Waals surface area (Å²) in [6.45, 7) is 1.95. The summed E-state index contributed by atoms with van der Waals surface area (Å²) in [6.07, 6.45) is 1.75. The molecule has 1 aliphatic heterocycles. The van der Waals surface area contributed by atoms with Gasteiger partial charge in [-0.1, -0.05) is 0 Å². The zero-order valence-corrected chi connectivity index (χ0v) is 11.5. The molecule has 5 nitrogen and oxygen atoms in total. The molecule has 0 saturated carbocycles. The molecule has 1 aliphatic rings. The lowest BCUT2D eigenvalue weighted by Crippen LogP contribution is -2.38. The van der Waals surface area contributed by atoms with E-state index in [1.54, 1.807) is 16.2 Å². The molecule has 2 heterocycles. The minimum absolute atomic E-state index is 0.0518. The second-order valence-electron chi connectivity index (χ2n) is 4.82. The Morgan fingerprint density at radius 1 is 1.53 bits per heavy atom. The SMILES string of the molecule is O=C(O)CCC1CCN(C(=O)NCc2ccsc2)C1.